The molecular formula is C19H19NO3S. The number of carboxylic acids is 1. The van der Waals surface area contributed by atoms with Crippen molar-refractivity contribution in [2.75, 3.05) is 19.3 Å². The molecule has 0 saturated carbocycles. The van der Waals surface area contributed by atoms with Gasteiger partial charge in [0, 0.05) is 23.9 Å². The zero-order chi connectivity index (χ0) is 17.1. The van der Waals surface area contributed by atoms with Crippen LogP contribution in [0.2, 0.25) is 0 Å². The average Bonchev–Trinajstić information content (AvgIpc) is 3.07. The maximum atomic E-state index is 12.9. The van der Waals surface area contributed by atoms with E-state index in [4.69, 9.17) is 0 Å². The van der Waals surface area contributed by atoms with Crippen molar-refractivity contribution in [1.29, 1.82) is 0 Å². The fraction of sp³-hybridized carbons (Fsp3) is 0.263. The quantitative estimate of drug-likeness (QED) is 0.867. The van der Waals surface area contributed by atoms with Gasteiger partial charge in [0.25, 0.3) is 5.91 Å². The molecule has 1 fully saturated rings. The Morgan fingerprint density at radius 2 is 1.71 bits per heavy atom. The van der Waals surface area contributed by atoms with E-state index in [-0.39, 0.29) is 18.4 Å². The van der Waals surface area contributed by atoms with Gasteiger partial charge in [0.15, 0.2) is 0 Å². The number of benzene rings is 2. The number of carbonyl (C=O) groups excluding carboxylic acids is 1. The highest BCUT2D eigenvalue weighted by Gasteiger charge is 2.40. The van der Waals surface area contributed by atoms with Crippen molar-refractivity contribution in [1.82, 2.24) is 4.90 Å². The van der Waals surface area contributed by atoms with Gasteiger partial charge in [0.1, 0.15) is 0 Å². The minimum atomic E-state index is -0.850. The number of aliphatic carboxylic acids is 1. The van der Waals surface area contributed by atoms with Gasteiger partial charge in [-0.2, -0.15) is 0 Å². The Bertz CT molecular complexity index is 747. The lowest BCUT2D eigenvalue weighted by Crippen LogP contribution is -2.30. The molecule has 0 unspecified atom stereocenters. The number of likely N-dealkylation sites (tertiary alicyclic amines) is 1. The largest absolute Gasteiger partial charge is 0.481 e. The Hall–Kier alpha value is -2.27. The molecule has 24 heavy (non-hydrogen) atoms. The number of rotatable bonds is 4. The first kappa shape index (κ1) is 16.6. The Morgan fingerprint density at radius 3 is 2.38 bits per heavy atom. The zero-order valence-electron chi connectivity index (χ0n) is 13.4. The lowest BCUT2D eigenvalue weighted by molar-refractivity contribution is -0.141. The van der Waals surface area contributed by atoms with E-state index in [0.29, 0.717) is 12.1 Å². The summed E-state index contributed by atoms with van der Waals surface area (Å²) in [6, 6.07) is 17.0. The van der Waals surface area contributed by atoms with E-state index < -0.39 is 11.9 Å². The van der Waals surface area contributed by atoms with E-state index in [0.717, 1.165) is 10.5 Å². The highest BCUT2D eigenvalue weighted by molar-refractivity contribution is 7.98. The van der Waals surface area contributed by atoms with E-state index in [9.17, 15) is 14.7 Å². The van der Waals surface area contributed by atoms with Crippen molar-refractivity contribution >= 4 is 23.6 Å². The third-order valence-electron chi connectivity index (χ3n) is 4.49. The van der Waals surface area contributed by atoms with Gasteiger partial charge in [-0.15, -0.1) is 11.8 Å². The Balaban J connectivity index is 1.88. The normalized spacial score (nSPS) is 20.1. The molecule has 0 aliphatic carbocycles. The number of nitrogens with zero attached hydrogens (tertiary/aromatic N) is 1. The second-order valence-electron chi connectivity index (χ2n) is 5.87. The fourth-order valence-electron chi connectivity index (χ4n) is 3.25. The molecule has 1 aliphatic heterocycles. The van der Waals surface area contributed by atoms with Crippen LogP contribution in [-0.4, -0.2) is 41.2 Å². The maximum Gasteiger partial charge on any atom is 0.308 e. The van der Waals surface area contributed by atoms with E-state index in [1.54, 1.807) is 11.0 Å². The standard InChI is InChI=1S/C19H19NO3S/c1-24-17-10-6-5-9-14(17)18(21)20-11-15(16(12-20)19(22)23)13-7-3-2-4-8-13/h2-10,15-16H,11-12H2,1H3,(H,22,23)/t15-,16-/m0/s1. The maximum absolute atomic E-state index is 12.9. The number of hydrogen-bond acceptors (Lipinski definition) is 3. The first-order valence-corrected chi connectivity index (χ1v) is 9.04. The van der Waals surface area contributed by atoms with E-state index in [2.05, 4.69) is 0 Å². The summed E-state index contributed by atoms with van der Waals surface area (Å²) in [6.07, 6.45) is 1.93. The molecule has 5 heteroatoms. The minimum Gasteiger partial charge on any atom is -0.481 e. The first-order valence-electron chi connectivity index (χ1n) is 7.82. The summed E-state index contributed by atoms with van der Waals surface area (Å²) in [6.45, 7) is 0.680. The SMILES string of the molecule is CSc1ccccc1C(=O)N1C[C@H](C(=O)O)[C@H](c2ccccc2)C1. The summed E-state index contributed by atoms with van der Waals surface area (Å²) < 4.78 is 0. The lowest BCUT2D eigenvalue weighted by Gasteiger charge is -2.18. The van der Waals surface area contributed by atoms with Gasteiger partial charge in [0.05, 0.1) is 11.5 Å². The van der Waals surface area contributed by atoms with Crippen LogP contribution in [0.3, 0.4) is 0 Å². The van der Waals surface area contributed by atoms with Crippen LogP contribution < -0.4 is 0 Å². The van der Waals surface area contributed by atoms with Crippen molar-refractivity contribution in [2.24, 2.45) is 5.92 Å². The summed E-state index contributed by atoms with van der Waals surface area (Å²) in [5, 5.41) is 9.57. The highest BCUT2D eigenvalue weighted by atomic mass is 32.2. The van der Waals surface area contributed by atoms with Crippen LogP contribution in [0.4, 0.5) is 0 Å². The second kappa shape index (κ2) is 7.09. The summed E-state index contributed by atoms with van der Waals surface area (Å²) in [7, 11) is 0. The van der Waals surface area contributed by atoms with Crippen molar-refractivity contribution in [3.63, 3.8) is 0 Å². The van der Waals surface area contributed by atoms with Crippen LogP contribution in [0.1, 0.15) is 21.8 Å². The smallest absolute Gasteiger partial charge is 0.308 e. The van der Waals surface area contributed by atoms with Gasteiger partial charge in [0.2, 0.25) is 0 Å². The Labute approximate surface area is 145 Å². The van der Waals surface area contributed by atoms with Gasteiger partial charge in [-0.05, 0) is 24.0 Å². The molecule has 0 bridgehead atoms. The molecule has 0 aromatic heterocycles. The van der Waals surface area contributed by atoms with Crippen molar-refractivity contribution < 1.29 is 14.7 Å². The van der Waals surface area contributed by atoms with Gasteiger partial charge < -0.3 is 10.0 Å². The number of amides is 1. The summed E-state index contributed by atoms with van der Waals surface area (Å²) in [4.78, 5) is 27.1. The predicted molar refractivity (Wildman–Crippen MR) is 94.4 cm³/mol. The van der Waals surface area contributed by atoms with Crippen LogP contribution in [0.5, 0.6) is 0 Å². The van der Waals surface area contributed by atoms with Crippen LogP contribution in [0.15, 0.2) is 59.5 Å². The third kappa shape index (κ3) is 3.17. The lowest BCUT2D eigenvalue weighted by atomic mass is 9.89. The number of hydrogen-bond donors (Lipinski definition) is 1. The number of carbonyl (C=O) groups is 2. The number of thioether (sulfide) groups is 1. The first-order chi connectivity index (χ1) is 11.6. The summed E-state index contributed by atoms with van der Waals surface area (Å²) in [5.41, 5.74) is 1.61. The van der Waals surface area contributed by atoms with E-state index in [1.807, 2.05) is 54.8 Å². The molecule has 1 aliphatic rings. The molecule has 1 amide bonds. The molecular weight excluding hydrogens is 322 g/mol. The van der Waals surface area contributed by atoms with Gasteiger partial charge in [-0.1, -0.05) is 42.5 Å². The molecule has 2 aromatic carbocycles. The van der Waals surface area contributed by atoms with Crippen molar-refractivity contribution in [3.8, 4) is 0 Å². The molecule has 0 spiro atoms. The third-order valence-corrected chi connectivity index (χ3v) is 5.29. The minimum absolute atomic E-state index is 0.0929. The van der Waals surface area contributed by atoms with Crippen molar-refractivity contribution in [2.45, 2.75) is 10.8 Å². The van der Waals surface area contributed by atoms with Gasteiger partial charge in [-0.3, -0.25) is 9.59 Å². The molecule has 4 nitrogen and oxygen atoms in total. The topological polar surface area (TPSA) is 57.6 Å². The molecule has 0 radical (unpaired) electrons. The van der Waals surface area contributed by atoms with E-state index >= 15 is 0 Å². The fourth-order valence-corrected chi connectivity index (χ4v) is 3.84. The molecule has 2 atom stereocenters. The monoisotopic (exact) mass is 341 g/mol. The molecule has 1 N–H and O–H groups in total. The average molecular weight is 341 g/mol. The molecule has 1 heterocycles. The molecule has 1 saturated heterocycles. The molecule has 124 valence electrons. The summed E-state index contributed by atoms with van der Waals surface area (Å²) in [5.74, 6) is -1.69. The molecule has 2 aromatic rings. The van der Waals surface area contributed by atoms with E-state index in [1.165, 1.54) is 11.8 Å². The van der Waals surface area contributed by atoms with Crippen LogP contribution in [-0.2, 0) is 4.79 Å². The van der Waals surface area contributed by atoms with Crippen molar-refractivity contribution in [3.05, 3.63) is 65.7 Å². The Kier molecular flexibility index (Phi) is 4.90. The van der Waals surface area contributed by atoms with Gasteiger partial charge in [-0.25, -0.2) is 0 Å². The molecule has 3 rings (SSSR count). The van der Waals surface area contributed by atoms with Crippen LogP contribution in [0.25, 0.3) is 0 Å². The highest BCUT2D eigenvalue weighted by Crippen LogP contribution is 2.34. The Morgan fingerprint density at radius 1 is 1.04 bits per heavy atom. The summed E-state index contributed by atoms with van der Waals surface area (Å²) >= 11 is 1.52. The number of carboxylic acid groups (broad SMARTS) is 1. The second-order valence-corrected chi connectivity index (χ2v) is 6.72. The zero-order valence-corrected chi connectivity index (χ0v) is 14.2. The van der Waals surface area contributed by atoms with Crippen LogP contribution in [0, 0.1) is 5.92 Å². The van der Waals surface area contributed by atoms with Gasteiger partial charge >= 0.3 is 5.97 Å². The van der Waals surface area contributed by atoms with Crippen LogP contribution >= 0.6 is 11.8 Å². The predicted octanol–water partition coefficient (Wildman–Crippen LogP) is 3.35.